The van der Waals surface area contributed by atoms with Crippen LogP contribution in [0.5, 0.6) is 0 Å². The van der Waals surface area contributed by atoms with E-state index < -0.39 is 27.5 Å². The zero-order valence-corrected chi connectivity index (χ0v) is 20.0. The molecule has 0 radical (unpaired) electrons. The summed E-state index contributed by atoms with van der Waals surface area (Å²) < 4.78 is 45.0. The number of ether oxygens (including phenoxy) is 1. The predicted octanol–water partition coefficient (Wildman–Crippen LogP) is 3.50. The van der Waals surface area contributed by atoms with Gasteiger partial charge in [0.25, 0.3) is 10.0 Å². The number of halogens is 1. The molecule has 33 heavy (non-hydrogen) atoms. The molecule has 1 aliphatic heterocycles. The molecular formula is C23H29FN4O4S. The number of benzene rings is 2. The Bertz CT molecular complexity index is 1120. The van der Waals surface area contributed by atoms with E-state index >= 15 is 0 Å². The summed E-state index contributed by atoms with van der Waals surface area (Å²) in [6.45, 7) is 8.82. The van der Waals surface area contributed by atoms with Gasteiger partial charge in [0, 0.05) is 31.7 Å². The number of para-hydroxylation sites is 1. The number of carbonyl (C=O) groups excluding carboxylic acids is 1. The summed E-state index contributed by atoms with van der Waals surface area (Å²) in [5, 5.41) is 3.85. The van der Waals surface area contributed by atoms with E-state index in [-0.39, 0.29) is 4.90 Å². The van der Waals surface area contributed by atoms with Crippen molar-refractivity contribution in [3.05, 3.63) is 59.4 Å². The third-order valence-corrected chi connectivity index (χ3v) is 6.21. The monoisotopic (exact) mass is 476 g/mol. The van der Waals surface area contributed by atoms with Crippen LogP contribution in [0.25, 0.3) is 0 Å². The fourth-order valence-corrected chi connectivity index (χ4v) is 4.14. The van der Waals surface area contributed by atoms with Crippen molar-refractivity contribution in [2.75, 3.05) is 31.1 Å². The molecule has 0 saturated carbocycles. The van der Waals surface area contributed by atoms with E-state index in [2.05, 4.69) is 9.93 Å². The molecule has 0 aromatic heterocycles. The second kappa shape index (κ2) is 9.78. The summed E-state index contributed by atoms with van der Waals surface area (Å²) in [5.41, 5.74) is 1.08. The Labute approximate surface area is 194 Å². The molecule has 0 bridgehead atoms. The maximum Gasteiger partial charge on any atom is 0.410 e. The van der Waals surface area contributed by atoms with Gasteiger partial charge in [0.2, 0.25) is 0 Å². The molecule has 0 atom stereocenters. The first-order valence-corrected chi connectivity index (χ1v) is 12.1. The number of hydrazone groups is 1. The number of hydrogen-bond donors (Lipinski definition) is 1. The molecule has 2 aromatic rings. The van der Waals surface area contributed by atoms with Gasteiger partial charge >= 0.3 is 6.09 Å². The molecule has 1 N–H and O–H groups in total. The highest BCUT2D eigenvalue weighted by molar-refractivity contribution is 7.89. The molecule has 8 nitrogen and oxygen atoms in total. The summed E-state index contributed by atoms with van der Waals surface area (Å²) in [6, 6.07) is 10.9. The van der Waals surface area contributed by atoms with E-state index in [4.69, 9.17) is 4.74 Å². The number of anilines is 1. The number of nitrogens with one attached hydrogen (secondary N) is 1. The number of rotatable bonds is 5. The number of aryl methyl sites for hydroxylation is 1. The number of piperazine rings is 1. The summed E-state index contributed by atoms with van der Waals surface area (Å²) in [5.74, 6) is -0.453. The lowest BCUT2D eigenvalue weighted by Crippen LogP contribution is -2.50. The van der Waals surface area contributed by atoms with Crippen LogP contribution in [0.4, 0.5) is 14.9 Å². The summed E-state index contributed by atoms with van der Waals surface area (Å²) >= 11 is 0. The fourth-order valence-electron chi connectivity index (χ4n) is 3.34. The van der Waals surface area contributed by atoms with Crippen molar-refractivity contribution in [3.63, 3.8) is 0 Å². The Morgan fingerprint density at radius 1 is 1.09 bits per heavy atom. The number of amides is 1. The number of sulfonamides is 1. The number of nitrogens with zero attached hydrogens (tertiary/aromatic N) is 3. The molecule has 1 amide bonds. The van der Waals surface area contributed by atoms with Gasteiger partial charge in [-0.05, 0) is 45.9 Å². The van der Waals surface area contributed by atoms with Crippen molar-refractivity contribution in [2.45, 2.75) is 38.2 Å². The quantitative estimate of drug-likeness (QED) is 0.527. The standard InChI is InChI=1S/C23H29FN4O4S/c1-17-8-10-19(11-9-17)33(30,31)26-25-16-18-6-5-7-20(24)21(18)27-12-14-28(15-13-27)22(29)32-23(2,3)4/h5-11,16,26H,12-15H2,1-4H3/b25-16+. The minimum atomic E-state index is -3.84. The van der Waals surface area contributed by atoms with Crippen LogP contribution >= 0.6 is 0 Å². The maximum absolute atomic E-state index is 14.7. The van der Waals surface area contributed by atoms with Crippen LogP contribution in [0.3, 0.4) is 0 Å². The van der Waals surface area contributed by atoms with Crippen LogP contribution in [0.15, 0.2) is 52.5 Å². The van der Waals surface area contributed by atoms with Crippen LogP contribution in [0, 0.1) is 12.7 Å². The molecule has 178 valence electrons. The molecule has 0 spiro atoms. The Morgan fingerprint density at radius 3 is 2.33 bits per heavy atom. The van der Waals surface area contributed by atoms with Gasteiger partial charge in [-0.1, -0.05) is 29.8 Å². The van der Waals surface area contributed by atoms with E-state index in [0.717, 1.165) is 5.56 Å². The predicted molar refractivity (Wildman–Crippen MR) is 126 cm³/mol. The van der Waals surface area contributed by atoms with E-state index in [9.17, 15) is 17.6 Å². The van der Waals surface area contributed by atoms with Gasteiger partial charge in [0.1, 0.15) is 11.4 Å². The minimum absolute atomic E-state index is 0.0861. The molecule has 0 unspecified atom stereocenters. The van der Waals surface area contributed by atoms with Gasteiger partial charge in [-0.3, -0.25) is 0 Å². The van der Waals surface area contributed by atoms with Crippen LogP contribution in [0.2, 0.25) is 0 Å². The summed E-state index contributed by atoms with van der Waals surface area (Å²) in [4.78, 5) is 17.9. The van der Waals surface area contributed by atoms with Crippen molar-refractivity contribution >= 4 is 28.0 Å². The Kier molecular flexibility index (Phi) is 7.26. The van der Waals surface area contributed by atoms with Crippen LogP contribution < -0.4 is 9.73 Å². The third kappa shape index (κ3) is 6.44. The Balaban J connectivity index is 1.71. The minimum Gasteiger partial charge on any atom is -0.444 e. The van der Waals surface area contributed by atoms with E-state index in [1.165, 1.54) is 30.5 Å². The molecule has 3 rings (SSSR count). The average Bonchev–Trinajstić information content (AvgIpc) is 2.73. The van der Waals surface area contributed by atoms with Gasteiger partial charge in [-0.2, -0.15) is 13.5 Å². The first kappa shape index (κ1) is 24.5. The van der Waals surface area contributed by atoms with Crippen molar-refractivity contribution in [2.24, 2.45) is 5.10 Å². The lowest BCUT2D eigenvalue weighted by molar-refractivity contribution is 0.0240. The third-order valence-electron chi connectivity index (χ3n) is 4.97. The molecule has 10 heteroatoms. The highest BCUT2D eigenvalue weighted by Crippen LogP contribution is 2.25. The average molecular weight is 477 g/mol. The highest BCUT2D eigenvalue weighted by Gasteiger charge is 2.27. The number of carbonyl (C=O) groups is 1. The van der Waals surface area contributed by atoms with Crippen molar-refractivity contribution in [1.82, 2.24) is 9.73 Å². The first-order chi connectivity index (χ1) is 15.5. The van der Waals surface area contributed by atoms with Crippen LogP contribution in [-0.4, -0.2) is 57.4 Å². The van der Waals surface area contributed by atoms with Crippen molar-refractivity contribution in [3.8, 4) is 0 Å². The van der Waals surface area contributed by atoms with Gasteiger partial charge in [-0.25, -0.2) is 14.0 Å². The Hall–Kier alpha value is -3.14. The molecule has 2 aromatic carbocycles. The number of hydrogen-bond acceptors (Lipinski definition) is 6. The molecule has 1 heterocycles. The van der Waals surface area contributed by atoms with E-state index in [1.807, 2.05) is 11.8 Å². The SMILES string of the molecule is Cc1ccc(S(=O)(=O)N/N=C/c2cccc(F)c2N2CCN(C(=O)OC(C)(C)C)CC2)cc1. The molecule has 1 fully saturated rings. The zero-order valence-electron chi connectivity index (χ0n) is 19.2. The summed E-state index contributed by atoms with van der Waals surface area (Å²) in [6.07, 6.45) is 0.882. The Morgan fingerprint density at radius 2 is 1.73 bits per heavy atom. The summed E-state index contributed by atoms with van der Waals surface area (Å²) in [7, 11) is -3.84. The van der Waals surface area contributed by atoms with Crippen molar-refractivity contribution < 1.29 is 22.3 Å². The van der Waals surface area contributed by atoms with E-state index in [0.29, 0.717) is 37.4 Å². The highest BCUT2D eigenvalue weighted by atomic mass is 32.2. The molecular weight excluding hydrogens is 447 g/mol. The fraction of sp³-hybridized carbons (Fsp3) is 0.391. The largest absolute Gasteiger partial charge is 0.444 e. The first-order valence-electron chi connectivity index (χ1n) is 10.6. The molecule has 0 aliphatic carbocycles. The van der Waals surface area contributed by atoms with Gasteiger partial charge in [0.05, 0.1) is 16.8 Å². The van der Waals surface area contributed by atoms with Gasteiger partial charge in [-0.15, -0.1) is 0 Å². The van der Waals surface area contributed by atoms with Crippen LogP contribution in [0.1, 0.15) is 31.9 Å². The van der Waals surface area contributed by atoms with Gasteiger partial charge in [0.15, 0.2) is 0 Å². The normalized spacial score (nSPS) is 15.1. The van der Waals surface area contributed by atoms with E-state index in [1.54, 1.807) is 43.9 Å². The van der Waals surface area contributed by atoms with Crippen molar-refractivity contribution in [1.29, 1.82) is 0 Å². The molecule has 1 saturated heterocycles. The smallest absolute Gasteiger partial charge is 0.410 e. The lowest BCUT2D eigenvalue weighted by Gasteiger charge is -2.37. The lowest BCUT2D eigenvalue weighted by atomic mass is 10.1. The second-order valence-electron chi connectivity index (χ2n) is 8.80. The zero-order chi connectivity index (χ0) is 24.2. The topological polar surface area (TPSA) is 91.3 Å². The second-order valence-corrected chi connectivity index (χ2v) is 10.5. The maximum atomic E-state index is 14.7. The van der Waals surface area contributed by atoms with Crippen LogP contribution in [-0.2, 0) is 14.8 Å². The molecule has 1 aliphatic rings. The van der Waals surface area contributed by atoms with Gasteiger partial charge < -0.3 is 14.5 Å².